The molecule has 10 heteroatoms. The summed E-state index contributed by atoms with van der Waals surface area (Å²) in [5.74, 6) is -0.835. The molecular weight excluding hydrogens is 569 g/mol. The zero-order valence-corrected chi connectivity index (χ0v) is 29.3. The lowest BCUT2D eigenvalue weighted by Crippen LogP contribution is -2.37. The average molecular weight is 636 g/mol. The molecule has 0 amide bonds. The number of nitrogens with zero attached hydrogens (tertiary/aromatic N) is 1. The van der Waals surface area contributed by atoms with Crippen LogP contribution in [0, 0.1) is 0 Å². The summed E-state index contributed by atoms with van der Waals surface area (Å²) in [5, 5.41) is 0. The average Bonchev–Trinajstić information content (AvgIpc) is 2.93. The Balaban J connectivity index is 4.49. The number of quaternary nitrogens is 1. The molecule has 0 spiro atoms. The van der Waals surface area contributed by atoms with Gasteiger partial charge in [0.15, 0.2) is 6.10 Å². The summed E-state index contributed by atoms with van der Waals surface area (Å²) >= 11 is 0. The number of unbranched alkanes of at least 4 members (excludes halogenated alkanes) is 17. The van der Waals surface area contributed by atoms with Crippen molar-refractivity contribution in [1.82, 2.24) is 0 Å². The van der Waals surface area contributed by atoms with E-state index in [0.29, 0.717) is 17.4 Å². The SMILES string of the molecule is CCCCCCCCCCCCC(=O)OC[C@H](COP(=O)([O-])OCC[N+](C)(C)C)OC(=O)CCCCCCCCCCC. The van der Waals surface area contributed by atoms with E-state index in [1.165, 1.54) is 77.0 Å². The monoisotopic (exact) mass is 635 g/mol. The smallest absolute Gasteiger partial charge is 0.306 e. The first-order valence-corrected chi connectivity index (χ1v) is 18.7. The van der Waals surface area contributed by atoms with Crippen molar-refractivity contribution in [2.24, 2.45) is 0 Å². The molecule has 0 aromatic carbocycles. The van der Waals surface area contributed by atoms with E-state index >= 15 is 0 Å². The molecule has 2 atom stereocenters. The molecule has 1 unspecified atom stereocenters. The zero-order chi connectivity index (χ0) is 32.2. The van der Waals surface area contributed by atoms with Gasteiger partial charge in [-0.2, -0.15) is 0 Å². The molecule has 0 fully saturated rings. The minimum absolute atomic E-state index is 0.0266. The first-order chi connectivity index (χ1) is 20.5. The van der Waals surface area contributed by atoms with E-state index < -0.39 is 26.5 Å². The molecule has 0 aromatic rings. The number of likely N-dealkylation sites (N-methyl/N-ethyl adjacent to an activating group) is 1. The lowest BCUT2D eigenvalue weighted by molar-refractivity contribution is -0.870. The highest BCUT2D eigenvalue weighted by atomic mass is 31.2. The Labute approximate surface area is 264 Å². The molecule has 0 aliphatic heterocycles. The lowest BCUT2D eigenvalue weighted by atomic mass is 10.1. The van der Waals surface area contributed by atoms with Crippen LogP contribution in [-0.4, -0.2) is 70.0 Å². The summed E-state index contributed by atoms with van der Waals surface area (Å²) in [7, 11) is 1.17. The fourth-order valence-electron chi connectivity index (χ4n) is 4.59. The number of phosphoric acid groups is 1. The maximum atomic E-state index is 12.5. The van der Waals surface area contributed by atoms with Crippen molar-refractivity contribution in [3.8, 4) is 0 Å². The highest BCUT2D eigenvalue weighted by molar-refractivity contribution is 7.45. The van der Waals surface area contributed by atoms with Gasteiger partial charge in [0.25, 0.3) is 7.82 Å². The summed E-state index contributed by atoms with van der Waals surface area (Å²) in [4.78, 5) is 37.0. The van der Waals surface area contributed by atoms with Gasteiger partial charge in [-0.15, -0.1) is 0 Å². The summed E-state index contributed by atoms with van der Waals surface area (Å²) in [5.41, 5.74) is 0. The highest BCUT2D eigenvalue weighted by Gasteiger charge is 2.21. The molecule has 256 valence electrons. The van der Waals surface area contributed by atoms with Crippen LogP contribution in [0.4, 0.5) is 0 Å². The van der Waals surface area contributed by atoms with E-state index in [9.17, 15) is 19.0 Å². The van der Waals surface area contributed by atoms with Crippen LogP contribution in [0.15, 0.2) is 0 Å². The quantitative estimate of drug-likeness (QED) is 0.0327. The van der Waals surface area contributed by atoms with Crippen LogP contribution >= 0.6 is 7.82 Å². The van der Waals surface area contributed by atoms with Gasteiger partial charge in [0, 0.05) is 12.8 Å². The Morgan fingerprint density at radius 1 is 0.628 bits per heavy atom. The van der Waals surface area contributed by atoms with Crippen LogP contribution < -0.4 is 4.89 Å². The zero-order valence-electron chi connectivity index (χ0n) is 28.4. The van der Waals surface area contributed by atoms with E-state index in [1.54, 1.807) is 0 Å². The van der Waals surface area contributed by atoms with E-state index in [0.717, 1.165) is 38.5 Å². The number of hydrogen-bond donors (Lipinski definition) is 0. The molecule has 0 bridgehead atoms. The number of carbonyl (C=O) groups is 2. The molecule has 43 heavy (non-hydrogen) atoms. The van der Waals surface area contributed by atoms with Gasteiger partial charge in [0.05, 0.1) is 27.7 Å². The van der Waals surface area contributed by atoms with Gasteiger partial charge < -0.3 is 27.9 Å². The second-order valence-corrected chi connectivity index (χ2v) is 14.3. The van der Waals surface area contributed by atoms with Gasteiger partial charge in [0.2, 0.25) is 0 Å². The van der Waals surface area contributed by atoms with Gasteiger partial charge in [-0.05, 0) is 12.8 Å². The standard InChI is InChI=1S/C33H66NO8P/c1-6-8-10-12-14-16-18-19-21-23-25-32(35)39-29-31(30-41-43(37,38)40-28-27-34(3,4)5)42-33(36)26-24-22-20-17-15-13-11-9-7-2/h31H,6-30H2,1-5H3/t31-/m1/s1. The molecule has 0 rings (SSSR count). The Hall–Kier alpha value is -0.990. The first kappa shape index (κ1) is 42.0. The summed E-state index contributed by atoms with van der Waals surface area (Å²) < 4.78 is 33.6. The molecule has 0 N–H and O–H groups in total. The number of esters is 2. The molecule has 0 aliphatic carbocycles. The van der Waals surface area contributed by atoms with Crippen LogP contribution in [0.2, 0.25) is 0 Å². The Morgan fingerprint density at radius 2 is 1.05 bits per heavy atom. The number of hydrogen-bond acceptors (Lipinski definition) is 8. The fourth-order valence-corrected chi connectivity index (χ4v) is 5.32. The molecule has 0 aromatic heterocycles. The minimum atomic E-state index is -4.60. The third-order valence-electron chi connectivity index (χ3n) is 7.38. The van der Waals surface area contributed by atoms with Crippen LogP contribution in [0.25, 0.3) is 0 Å². The van der Waals surface area contributed by atoms with E-state index in [1.807, 2.05) is 21.1 Å². The largest absolute Gasteiger partial charge is 0.756 e. The predicted molar refractivity (Wildman–Crippen MR) is 172 cm³/mol. The second-order valence-electron chi connectivity index (χ2n) is 12.9. The van der Waals surface area contributed by atoms with E-state index in [-0.39, 0.29) is 32.0 Å². The number of carbonyl (C=O) groups excluding carboxylic acids is 2. The van der Waals surface area contributed by atoms with Gasteiger partial charge in [0.1, 0.15) is 19.8 Å². The fraction of sp³-hybridized carbons (Fsp3) is 0.939. The molecule has 0 saturated heterocycles. The predicted octanol–water partition coefficient (Wildman–Crippen LogP) is 7.88. The summed E-state index contributed by atoms with van der Waals surface area (Å²) in [6.07, 6.45) is 21.4. The van der Waals surface area contributed by atoms with Gasteiger partial charge in [-0.25, -0.2) is 0 Å². The minimum Gasteiger partial charge on any atom is -0.756 e. The Bertz CT molecular complexity index is 728. The van der Waals surface area contributed by atoms with Crippen molar-refractivity contribution < 1.29 is 42.1 Å². The number of ether oxygens (including phenoxy) is 2. The van der Waals surface area contributed by atoms with Crippen LogP contribution in [0.1, 0.15) is 149 Å². The van der Waals surface area contributed by atoms with Crippen LogP contribution in [0.5, 0.6) is 0 Å². The van der Waals surface area contributed by atoms with Crippen molar-refractivity contribution in [1.29, 1.82) is 0 Å². The Morgan fingerprint density at radius 3 is 1.49 bits per heavy atom. The summed E-state index contributed by atoms with van der Waals surface area (Å²) in [6, 6.07) is 0. The van der Waals surface area contributed by atoms with Crippen molar-refractivity contribution >= 4 is 19.8 Å². The lowest BCUT2D eigenvalue weighted by Gasteiger charge is -2.28. The molecule has 0 radical (unpaired) electrons. The normalized spacial score (nSPS) is 13.9. The number of phosphoric ester groups is 1. The van der Waals surface area contributed by atoms with Gasteiger partial charge in [-0.3, -0.25) is 14.2 Å². The van der Waals surface area contributed by atoms with E-state index in [4.69, 9.17) is 18.5 Å². The third-order valence-corrected chi connectivity index (χ3v) is 8.34. The van der Waals surface area contributed by atoms with Gasteiger partial charge in [-0.1, -0.05) is 123 Å². The third kappa shape index (κ3) is 30.8. The molecule has 0 aliphatic rings. The molecular formula is C33H66NO8P. The highest BCUT2D eigenvalue weighted by Crippen LogP contribution is 2.38. The topological polar surface area (TPSA) is 111 Å². The van der Waals surface area contributed by atoms with Crippen molar-refractivity contribution in [2.75, 3.05) is 47.5 Å². The van der Waals surface area contributed by atoms with Crippen molar-refractivity contribution in [3.63, 3.8) is 0 Å². The van der Waals surface area contributed by atoms with Crippen LogP contribution in [-0.2, 0) is 32.7 Å². The Kier molecular flexibility index (Phi) is 26.7. The van der Waals surface area contributed by atoms with Crippen molar-refractivity contribution in [3.05, 3.63) is 0 Å². The van der Waals surface area contributed by atoms with Gasteiger partial charge >= 0.3 is 11.9 Å². The molecule has 0 heterocycles. The summed E-state index contributed by atoms with van der Waals surface area (Å²) in [6.45, 7) is 4.17. The maximum Gasteiger partial charge on any atom is 0.306 e. The maximum absolute atomic E-state index is 12.5. The van der Waals surface area contributed by atoms with Crippen molar-refractivity contribution in [2.45, 2.75) is 155 Å². The number of rotatable bonds is 31. The van der Waals surface area contributed by atoms with Crippen LogP contribution in [0.3, 0.4) is 0 Å². The molecule has 0 saturated carbocycles. The molecule has 9 nitrogen and oxygen atoms in total. The second kappa shape index (κ2) is 27.3. The van der Waals surface area contributed by atoms with E-state index in [2.05, 4.69) is 13.8 Å². The first-order valence-electron chi connectivity index (χ1n) is 17.2.